The van der Waals surface area contributed by atoms with Gasteiger partial charge in [-0.3, -0.25) is 0 Å². The Morgan fingerprint density at radius 3 is 2.93 bits per heavy atom. The van der Waals surface area contributed by atoms with Gasteiger partial charge in [-0.25, -0.2) is 0 Å². The van der Waals surface area contributed by atoms with E-state index in [2.05, 4.69) is 17.3 Å². The first-order valence-electron chi connectivity index (χ1n) is 5.02. The third-order valence-corrected chi connectivity index (χ3v) is 3.49. The van der Waals surface area contributed by atoms with Gasteiger partial charge in [0.1, 0.15) is 5.75 Å². The summed E-state index contributed by atoms with van der Waals surface area (Å²) in [6, 6.07) is 5.52. The summed E-state index contributed by atoms with van der Waals surface area (Å²) in [5, 5.41) is 12.7. The van der Waals surface area contributed by atoms with Crippen LogP contribution < -0.4 is 10.2 Å². The third-order valence-electron chi connectivity index (χ3n) is 3.49. The number of phenolic OH excluding ortho intramolecular Hbond substituents is 1. The summed E-state index contributed by atoms with van der Waals surface area (Å²) in [6.07, 6.45) is 2.55. The molecule has 1 fully saturated rings. The van der Waals surface area contributed by atoms with Crippen molar-refractivity contribution in [2.24, 2.45) is 0 Å². The first-order valence-corrected chi connectivity index (χ1v) is 5.02. The molecule has 0 atom stereocenters. The summed E-state index contributed by atoms with van der Waals surface area (Å²) < 4.78 is 0. The Morgan fingerprint density at radius 2 is 2.21 bits per heavy atom. The molecule has 3 rings (SSSR count). The highest BCUT2D eigenvalue weighted by atomic mass is 16.3. The lowest BCUT2D eigenvalue weighted by Gasteiger charge is -2.37. The highest BCUT2D eigenvalue weighted by Gasteiger charge is 2.48. The lowest BCUT2D eigenvalue weighted by atomic mass is 10.1. The predicted molar refractivity (Wildman–Crippen MR) is 57.0 cm³/mol. The summed E-state index contributed by atoms with van der Waals surface area (Å²) in [7, 11) is 2.14. The number of fused-ring (bicyclic) bond motifs is 1. The monoisotopic (exact) mass is 190 g/mol. The van der Waals surface area contributed by atoms with E-state index < -0.39 is 0 Å². The molecule has 74 valence electrons. The van der Waals surface area contributed by atoms with Gasteiger partial charge >= 0.3 is 0 Å². The molecular weight excluding hydrogens is 176 g/mol. The van der Waals surface area contributed by atoms with E-state index in [1.807, 2.05) is 6.07 Å². The van der Waals surface area contributed by atoms with Crippen molar-refractivity contribution in [3.8, 4) is 5.75 Å². The molecule has 0 unspecified atom stereocenters. The molecule has 14 heavy (non-hydrogen) atoms. The molecule has 1 heterocycles. The van der Waals surface area contributed by atoms with E-state index in [4.69, 9.17) is 0 Å². The van der Waals surface area contributed by atoms with Crippen molar-refractivity contribution >= 4 is 11.4 Å². The number of rotatable bonds is 0. The van der Waals surface area contributed by atoms with Gasteiger partial charge in [-0.1, -0.05) is 0 Å². The van der Waals surface area contributed by atoms with Gasteiger partial charge < -0.3 is 15.3 Å². The maximum atomic E-state index is 9.36. The normalized spacial score (nSPS) is 21.6. The number of anilines is 2. The van der Waals surface area contributed by atoms with Crippen molar-refractivity contribution in [3.63, 3.8) is 0 Å². The number of benzene rings is 1. The standard InChI is InChI=1S/C11H14N2O/c1-13-10-3-2-8(14)6-9(10)12-7-11(13)4-5-11/h2-3,6,12,14H,4-5,7H2,1H3. The Balaban J connectivity index is 2.07. The molecule has 2 N–H and O–H groups in total. The van der Waals surface area contributed by atoms with E-state index in [9.17, 15) is 5.11 Å². The predicted octanol–water partition coefficient (Wildman–Crippen LogP) is 1.79. The van der Waals surface area contributed by atoms with Gasteiger partial charge in [0.15, 0.2) is 0 Å². The summed E-state index contributed by atoms with van der Waals surface area (Å²) in [4.78, 5) is 2.35. The van der Waals surface area contributed by atoms with Crippen LogP contribution in [0.5, 0.6) is 5.75 Å². The molecule has 3 heteroatoms. The molecule has 1 saturated carbocycles. The molecule has 1 spiro atoms. The smallest absolute Gasteiger partial charge is 0.117 e. The van der Waals surface area contributed by atoms with Crippen LogP contribution in [0.2, 0.25) is 0 Å². The fourth-order valence-corrected chi connectivity index (χ4v) is 2.25. The van der Waals surface area contributed by atoms with Gasteiger partial charge in [0, 0.05) is 19.7 Å². The van der Waals surface area contributed by atoms with Crippen molar-refractivity contribution in [2.45, 2.75) is 18.4 Å². The van der Waals surface area contributed by atoms with Gasteiger partial charge in [-0.2, -0.15) is 0 Å². The van der Waals surface area contributed by atoms with Crippen LogP contribution >= 0.6 is 0 Å². The van der Waals surface area contributed by atoms with Crippen molar-refractivity contribution in [1.82, 2.24) is 0 Å². The average Bonchev–Trinajstić information content (AvgIpc) is 2.93. The lowest BCUT2D eigenvalue weighted by Crippen LogP contribution is -2.43. The first-order chi connectivity index (χ1) is 6.71. The minimum atomic E-state index is 0.330. The Bertz CT molecular complexity index is 385. The van der Waals surface area contributed by atoms with Gasteiger partial charge in [0.25, 0.3) is 0 Å². The second-order valence-electron chi connectivity index (χ2n) is 4.34. The summed E-state index contributed by atoms with van der Waals surface area (Å²) in [6.45, 7) is 1.000. The van der Waals surface area contributed by atoms with E-state index in [0.717, 1.165) is 12.2 Å². The Hall–Kier alpha value is -1.38. The van der Waals surface area contributed by atoms with Crippen molar-refractivity contribution in [3.05, 3.63) is 18.2 Å². The highest BCUT2D eigenvalue weighted by Crippen LogP contribution is 2.48. The summed E-state index contributed by atoms with van der Waals surface area (Å²) in [5.41, 5.74) is 2.61. The van der Waals surface area contributed by atoms with E-state index in [1.54, 1.807) is 12.1 Å². The fourth-order valence-electron chi connectivity index (χ4n) is 2.25. The van der Waals surface area contributed by atoms with E-state index in [-0.39, 0.29) is 0 Å². The molecular formula is C11H14N2O. The van der Waals surface area contributed by atoms with Crippen LogP contribution in [-0.2, 0) is 0 Å². The zero-order valence-corrected chi connectivity index (χ0v) is 8.25. The Labute approximate surface area is 83.3 Å². The molecule has 1 aliphatic carbocycles. The minimum absolute atomic E-state index is 0.330. The molecule has 2 aliphatic rings. The third kappa shape index (κ3) is 0.924. The number of nitrogens with zero attached hydrogens (tertiary/aromatic N) is 1. The number of phenols is 1. The molecule has 0 radical (unpaired) electrons. The lowest BCUT2D eigenvalue weighted by molar-refractivity contribution is 0.475. The average molecular weight is 190 g/mol. The summed E-state index contributed by atoms with van der Waals surface area (Å²) >= 11 is 0. The zero-order valence-electron chi connectivity index (χ0n) is 8.25. The van der Waals surface area contributed by atoms with E-state index in [0.29, 0.717) is 11.3 Å². The number of hydrogen-bond donors (Lipinski definition) is 2. The largest absolute Gasteiger partial charge is 0.508 e. The van der Waals surface area contributed by atoms with Crippen molar-refractivity contribution in [1.29, 1.82) is 0 Å². The fraction of sp³-hybridized carbons (Fsp3) is 0.455. The molecule has 1 aromatic rings. The van der Waals surface area contributed by atoms with Crippen LogP contribution in [0.3, 0.4) is 0 Å². The van der Waals surface area contributed by atoms with Crippen LogP contribution in [-0.4, -0.2) is 24.2 Å². The van der Waals surface area contributed by atoms with Crippen LogP contribution in [0.1, 0.15) is 12.8 Å². The molecule has 3 nitrogen and oxygen atoms in total. The topological polar surface area (TPSA) is 35.5 Å². The van der Waals surface area contributed by atoms with Crippen molar-refractivity contribution < 1.29 is 5.11 Å². The molecule has 0 amide bonds. The van der Waals surface area contributed by atoms with Gasteiger partial charge in [0.2, 0.25) is 0 Å². The van der Waals surface area contributed by atoms with Crippen LogP contribution in [0.15, 0.2) is 18.2 Å². The summed E-state index contributed by atoms with van der Waals surface area (Å²) in [5.74, 6) is 0.330. The van der Waals surface area contributed by atoms with Crippen LogP contribution in [0, 0.1) is 0 Å². The van der Waals surface area contributed by atoms with Crippen LogP contribution in [0.25, 0.3) is 0 Å². The second-order valence-corrected chi connectivity index (χ2v) is 4.34. The van der Waals surface area contributed by atoms with Crippen molar-refractivity contribution in [2.75, 3.05) is 23.8 Å². The molecule has 1 aromatic carbocycles. The molecule has 0 aromatic heterocycles. The first kappa shape index (κ1) is 7.97. The maximum absolute atomic E-state index is 9.36. The Kier molecular flexibility index (Phi) is 1.34. The van der Waals surface area contributed by atoms with E-state index >= 15 is 0 Å². The highest BCUT2D eigenvalue weighted by molar-refractivity contribution is 5.75. The van der Waals surface area contributed by atoms with E-state index in [1.165, 1.54) is 18.5 Å². The number of aromatic hydroxyl groups is 1. The van der Waals surface area contributed by atoms with Gasteiger partial charge in [-0.05, 0) is 25.0 Å². The molecule has 1 aliphatic heterocycles. The van der Waals surface area contributed by atoms with Crippen LogP contribution in [0.4, 0.5) is 11.4 Å². The maximum Gasteiger partial charge on any atom is 0.117 e. The quantitative estimate of drug-likeness (QED) is 0.654. The number of likely N-dealkylation sites (N-methyl/N-ethyl adjacent to an activating group) is 1. The Morgan fingerprint density at radius 1 is 1.43 bits per heavy atom. The number of nitrogens with one attached hydrogen (secondary N) is 1. The van der Waals surface area contributed by atoms with Gasteiger partial charge in [-0.15, -0.1) is 0 Å². The zero-order chi connectivity index (χ0) is 9.76. The molecule has 0 bridgehead atoms. The number of hydrogen-bond acceptors (Lipinski definition) is 3. The minimum Gasteiger partial charge on any atom is -0.508 e. The second kappa shape index (κ2) is 2.35. The molecule has 0 saturated heterocycles. The van der Waals surface area contributed by atoms with Gasteiger partial charge in [0.05, 0.1) is 16.9 Å². The SMILES string of the molecule is CN1c2ccc(O)cc2NCC12CC2.